The zero-order valence-corrected chi connectivity index (χ0v) is 12.5. The zero-order chi connectivity index (χ0) is 14.5. The molecule has 2 heterocycles. The fraction of sp³-hybridized carbons (Fsp3) is 0.714. The van der Waals surface area contributed by atoms with Gasteiger partial charge in [-0.3, -0.25) is 15.0 Å². The van der Waals surface area contributed by atoms with Crippen LogP contribution in [0.25, 0.3) is 0 Å². The summed E-state index contributed by atoms with van der Waals surface area (Å²) in [5, 5.41) is 9.95. The molecule has 0 radical (unpaired) electrons. The summed E-state index contributed by atoms with van der Waals surface area (Å²) in [6.07, 6.45) is 1.05. The van der Waals surface area contributed by atoms with Crippen molar-refractivity contribution in [2.75, 3.05) is 31.5 Å². The van der Waals surface area contributed by atoms with E-state index in [0.29, 0.717) is 24.4 Å². The molecule has 20 heavy (non-hydrogen) atoms. The summed E-state index contributed by atoms with van der Waals surface area (Å²) in [7, 11) is 0. The Labute approximate surface area is 119 Å². The largest absolute Gasteiger partial charge is 0.338 e. The molecule has 0 bridgehead atoms. The maximum Gasteiger partial charge on any atom is 0.240 e. The molecule has 0 aromatic carbocycles. The van der Waals surface area contributed by atoms with Gasteiger partial charge in [0.1, 0.15) is 0 Å². The van der Waals surface area contributed by atoms with Crippen molar-refractivity contribution in [3.63, 3.8) is 0 Å². The maximum absolute atomic E-state index is 12.1. The van der Waals surface area contributed by atoms with Crippen LogP contribution in [0.1, 0.15) is 38.8 Å². The fourth-order valence-corrected chi connectivity index (χ4v) is 2.19. The molecular formula is C14H24N4O2. The number of hydrogen-bond acceptors (Lipinski definition) is 5. The molecule has 1 amide bonds. The average molecular weight is 280 g/mol. The number of nitrogens with zero attached hydrogens (tertiary/aromatic N) is 2. The van der Waals surface area contributed by atoms with Gasteiger partial charge in [0.25, 0.3) is 0 Å². The van der Waals surface area contributed by atoms with Crippen molar-refractivity contribution in [3.05, 3.63) is 11.8 Å². The number of carbonyl (C=O) groups excluding carboxylic acids is 1. The van der Waals surface area contributed by atoms with Gasteiger partial charge >= 0.3 is 0 Å². The van der Waals surface area contributed by atoms with Crippen molar-refractivity contribution < 1.29 is 9.32 Å². The second kappa shape index (κ2) is 6.85. The van der Waals surface area contributed by atoms with E-state index < -0.39 is 0 Å². The molecular weight excluding hydrogens is 256 g/mol. The van der Waals surface area contributed by atoms with Crippen LogP contribution in [-0.2, 0) is 4.79 Å². The van der Waals surface area contributed by atoms with Crippen LogP contribution in [0.2, 0.25) is 0 Å². The molecule has 0 saturated carbocycles. The summed E-state index contributed by atoms with van der Waals surface area (Å²) in [6.45, 7) is 9.47. The molecule has 2 rings (SSSR count). The first-order valence-electron chi connectivity index (χ1n) is 7.31. The smallest absolute Gasteiger partial charge is 0.240 e. The van der Waals surface area contributed by atoms with E-state index in [0.717, 1.165) is 31.7 Å². The number of aromatic nitrogens is 1. The van der Waals surface area contributed by atoms with Gasteiger partial charge in [-0.25, -0.2) is 0 Å². The van der Waals surface area contributed by atoms with E-state index in [1.165, 1.54) is 0 Å². The third kappa shape index (κ3) is 3.80. The van der Waals surface area contributed by atoms with E-state index in [4.69, 9.17) is 4.52 Å². The van der Waals surface area contributed by atoms with E-state index in [-0.39, 0.29) is 5.91 Å². The highest BCUT2D eigenvalue weighted by Gasteiger charge is 2.25. The highest BCUT2D eigenvalue weighted by atomic mass is 16.5. The number of amides is 1. The minimum Gasteiger partial charge on any atom is -0.338 e. The van der Waals surface area contributed by atoms with Gasteiger partial charge in [0.05, 0.1) is 12.2 Å². The summed E-state index contributed by atoms with van der Waals surface area (Å²) < 4.78 is 5.13. The minimum atomic E-state index is -0.0446. The van der Waals surface area contributed by atoms with Crippen LogP contribution in [0, 0.1) is 0 Å². The molecule has 1 aliphatic heterocycles. The Balaban J connectivity index is 1.86. The van der Waals surface area contributed by atoms with Gasteiger partial charge in [-0.15, -0.1) is 0 Å². The van der Waals surface area contributed by atoms with Crippen LogP contribution >= 0.6 is 0 Å². The summed E-state index contributed by atoms with van der Waals surface area (Å²) in [6, 6.07) is 2.26. The molecule has 6 heteroatoms. The van der Waals surface area contributed by atoms with Crippen LogP contribution in [0.4, 0.5) is 5.88 Å². The van der Waals surface area contributed by atoms with E-state index >= 15 is 0 Å². The number of carbonyl (C=O) groups is 1. The van der Waals surface area contributed by atoms with Gasteiger partial charge in [-0.1, -0.05) is 25.9 Å². The lowest BCUT2D eigenvalue weighted by atomic mass is 10.1. The molecule has 0 aliphatic carbocycles. The summed E-state index contributed by atoms with van der Waals surface area (Å²) in [4.78, 5) is 14.3. The molecule has 0 unspecified atom stereocenters. The molecule has 6 nitrogen and oxygen atoms in total. The monoisotopic (exact) mass is 280 g/mol. The van der Waals surface area contributed by atoms with Gasteiger partial charge in [0.15, 0.2) is 0 Å². The number of anilines is 1. The van der Waals surface area contributed by atoms with Crippen molar-refractivity contribution in [1.82, 2.24) is 15.4 Å². The van der Waals surface area contributed by atoms with E-state index in [1.54, 1.807) is 6.07 Å². The first-order valence-corrected chi connectivity index (χ1v) is 7.31. The Morgan fingerprint density at radius 3 is 2.85 bits per heavy atom. The summed E-state index contributed by atoms with van der Waals surface area (Å²) >= 11 is 0. The molecule has 1 aliphatic rings. The predicted molar refractivity (Wildman–Crippen MR) is 77.7 cm³/mol. The SMILES string of the molecule is CCCN(CC(=O)Nc1cc(C(C)C)no1)C1CNC1. The van der Waals surface area contributed by atoms with Crippen LogP contribution in [0.5, 0.6) is 0 Å². The van der Waals surface area contributed by atoms with E-state index in [9.17, 15) is 4.79 Å². The van der Waals surface area contributed by atoms with Crippen LogP contribution in [0.15, 0.2) is 10.6 Å². The normalized spacial score (nSPS) is 15.7. The number of rotatable bonds is 7. The van der Waals surface area contributed by atoms with E-state index in [1.807, 2.05) is 13.8 Å². The van der Waals surface area contributed by atoms with Gasteiger partial charge in [-0.05, 0) is 18.9 Å². The Morgan fingerprint density at radius 1 is 1.60 bits per heavy atom. The zero-order valence-electron chi connectivity index (χ0n) is 12.5. The molecule has 1 saturated heterocycles. The predicted octanol–water partition coefficient (Wildman–Crippen LogP) is 1.42. The van der Waals surface area contributed by atoms with Crippen LogP contribution in [0.3, 0.4) is 0 Å². The lowest BCUT2D eigenvalue weighted by Gasteiger charge is -2.37. The second-order valence-corrected chi connectivity index (χ2v) is 5.60. The number of nitrogens with one attached hydrogen (secondary N) is 2. The maximum atomic E-state index is 12.1. The van der Waals surface area contributed by atoms with Gasteiger partial charge in [0, 0.05) is 25.2 Å². The quantitative estimate of drug-likeness (QED) is 0.790. The van der Waals surface area contributed by atoms with E-state index in [2.05, 4.69) is 27.6 Å². The summed E-state index contributed by atoms with van der Waals surface area (Å²) in [5.41, 5.74) is 0.855. The third-order valence-corrected chi connectivity index (χ3v) is 3.52. The first-order chi connectivity index (χ1) is 9.60. The van der Waals surface area contributed by atoms with Gasteiger partial charge in [-0.2, -0.15) is 0 Å². The van der Waals surface area contributed by atoms with Gasteiger partial charge < -0.3 is 9.84 Å². The minimum absolute atomic E-state index is 0.0446. The highest BCUT2D eigenvalue weighted by Crippen LogP contribution is 2.17. The molecule has 1 aromatic heterocycles. The average Bonchev–Trinajstić information content (AvgIpc) is 2.75. The van der Waals surface area contributed by atoms with Crippen molar-refractivity contribution in [1.29, 1.82) is 0 Å². The van der Waals surface area contributed by atoms with Crippen LogP contribution < -0.4 is 10.6 Å². The molecule has 112 valence electrons. The van der Waals surface area contributed by atoms with Crippen molar-refractivity contribution in [2.24, 2.45) is 0 Å². The Morgan fingerprint density at radius 2 is 2.35 bits per heavy atom. The fourth-order valence-electron chi connectivity index (χ4n) is 2.19. The highest BCUT2D eigenvalue weighted by molar-refractivity contribution is 5.91. The Kier molecular flexibility index (Phi) is 5.14. The second-order valence-electron chi connectivity index (χ2n) is 5.60. The molecule has 0 atom stereocenters. The molecule has 1 fully saturated rings. The first kappa shape index (κ1) is 15.0. The molecule has 1 aromatic rings. The van der Waals surface area contributed by atoms with Crippen molar-refractivity contribution in [3.8, 4) is 0 Å². The Hall–Kier alpha value is -1.40. The van der Waals surface area contributed by atoms with Crippen molar-refractivity contribution in [2.45, 2.75) is 39.2 Å². The van der Waals surface area contributed by atoms with Crippen molar-refractivity contribution >= 4 is 11.8 Å². The summed E-state index contributed by atoms with van der Waals surface area (Å²) in [5.74, 6) is 0.681. The standard InChI is InChI=1S/C14H24N4O2/c1-4-5-18(11-7-15-8-11)9-13(19)16-14-6-12(10(2)3)17-20-14/h6,10-11,15H,4-5,7-9H2,1-3H3,(H,16,19). The third-order valence-electron chi connectivity index (χ3n) is 3.52. The van der Waals surface area contributed by atoms with Crippen LogP contribution in [-0.4, -0.2) is 48.2 Å². The number of hydrogen-bond donors (Lipinski definition) is 2. The molecule has 2 N–H and O–H groups in total. The lowest BCUT2D eigenvalue weighted by Crippen LogP contribution is -2.58. The van der Waals surface area contributed by atoms with Gasteiger partial charge in [0.2, 0.25) is 11.8 Å². The Bertz CT molecular complexity index is 440. The lowest BCUT2D eigenvalue weighted by molar-refractivity contribution is -0.118. The molecule has 0 spiro atoms. The topological polar surface area (TPSA) is 70.4 Å².